The smallest absolute Gasteiger partial charge is 0.269 e. The molecule has 9 heteroatoms. The molecule has 1 amide bonds. The molecule has 0 radical (unpaired) electrons. The number of nitrogens with one attached hydrogen (secondary N) is 1. The topological polar surface area (TPSA) is 110 Å². The maximum Gasteiger partial charge on any atom is 0.269 e. The van der Waals surface area contributed by atoms with Crippen LogP contribution in [0.2, 0.25) is 0 Å². The highest BCUT2D eigenvalue weighted by Gasteiger charge is 2.37. The SMILES string of the molecule is CC[C@@H](C)NC(=O)[C@H]1CCCCN1S(=O)(=O)c1ccc([N+](=O)[O-])cc1. The summed E-state index contributed by atoms with van der Waals surface area (Å²) in [6.45, 7) is 4.07. The quantitative estimate of drug-likeness (QED) is 0.609. The summed E-state index contributed by atoms with van der Waals surface area (Å²) in [6, 6.07) is 3.97. The third-order valence-corrected chi connectivity index (χ3v) is 6.33. The molecule has 8 nitrogen and oxygen atoms in total. The first-order valence-corrected chi connectivity index (χ1v) is 9.78. The Morgan fingerprint density at radius 3 is 2.56 bits per heavy atom. The molecule has 1 aromatic rings. The van der Waals surface area contributed by atoms with E-state index in [2.05, 4.69) is 5.32 Å². The Labute approximate surface area is 147 Å². The molecule has 25 heavy (non-hydrogen) atoms. The minimum atomic E-state index is -3.89. The molecule has 1 heterocycles. The second-order valence-corrected chi connectivity index (χ2v) is 8.09. The van der Waals surface area contributed by atoms with E-state index in [0.29, 0.717) is 12.8 Å². The predicted octanol–water partition coefficient (Wildman–Crippen LogP) is 2.05. The van der Waals surface area contributed by atoms with Crippen molar-refractivity contribution in [2.45, 2.75) is 56.5 Å². The second kappa shape index (κ2) is 7.92. The lowest BCUT2D eigenvalue weighted by atomic mass is 10.0. The van der Waals surface area contributed by atoms with E-state index in [1.807, 2.05) is 13.8 Å². The Morgan fingerprint density at radius 1 is 1.36 bits per heavy atom. The van der Waals surface area contributed by atoms with Crippen LogP contribution in [0.25, 0.3) is 0 Å². The summed E-state index contributed by atoms with van der Waals surface area (Å²) < 4.78 is 27.0. The Morgan fingerprint density at radius 2 is 2.00 bits per heavy atom. The first kappa shape index (κ1) is 19.3. The van der Waals surface area contributed by atoms with Crippen LogP contribution in [-0.4, -0.2) is 42.2 Å². The van der Waals surface area contributed by atoms with E-state index in [9.17, 15) is 23.3 Å². The largest absolute Gasteiger partial charge is 0.352 e. The van der Waals surface area contributed by atoms with Gasteiger partial charge in [0.05, 0.1) is 9.82 Å². The first-order valence-electron chi connectivity index (χ1n) is 8.34. The average molecular weight is 369 g/mol. The molecule has 2 rings (SSSR count). The third kappa shape index (κ3) is 4.35. The third-order valence-electron chi connectivity index (χ3n) is 4.41. The molecule has 0 bridgehead atoms. The van der Waals surface area contributed by atoms with E-state index in [-0.39, 0.29) is 29.1 Å². The Hall–Kier alpha value is -2.00. The van der Waals surface area contributed by atoms with Gasteiger partial charge in [0.25, 0.3) is 5.69 Å². The van der Waals surface area contributed by atoms with Crippen LogP contribution in [0.4, 0.5) is 5.69 Å². The van der Waals surface area contributed by atoms with Crippen molar-refractivity contribution < 1.29 is 18.1 Å². The van der Waals surface area contributed by atoms with Crippen LogP contribution in [0.5, 0.6) is 0 Å². The molecular weight excluding hydrogens is 346 g/mol. The highest BCUT2D eigenvalue weighted by Crippen LogP contribution is 2.26. The Balaban J connectivity index is 2.28. The number of amides is 1. The molecule has 2 atom stereocenters. The standard InChI is InChI=1S/C16H23N3O5S/c1-3-12(2)17-16(20)15-6-4-5-11-18(15)25(23,24)14-9-7-13(8-10-14)19(21)22/h7-10,12,15H,3-6,11H2,1-2H3,(H,17,20)/t12-,15-/m1/s1. The number of rotatable bonds is 6. The van der Waals surface area contributed by atoms with Crippen molar-refractivity contribution in [1.82, 2.24) is 9.62 Å². The zero-order valence-corrected chi connectivity index (χ0v) is 15.2. The molecule has 138 valence electrons. The molecule has 1 aliphatic rings. The lowest BCUT2D eigenvalue weighted by Crippen LogP contribution is -2.53. The van der Waals surface area contributed by atoms with Gasteiger partial charge in [-0.15, -0.1) is 0 Å². The fraction of sp³-hybridized carbons (Fsp3) is 0.562. The van der Waals surface area contributed by atoms with E-state index in [1.165, 1.54) is 16.4 Å². The molecule has 0 aliphatic carbocycles. The molecule has 1 saturated heterocycles. The monoisotopic (exact) mass is 369 g/mol. The summed E-state index contributed by atoms with van der Waals surface area (Å²) in [5, 5.41) is 13.6. The lowest BCUT2D eigenvalue weighted by molar-refractivity contribution is -0.384. The van der Waals surface area contributed by atoms with Crippen LogP contribution in [-0.2, 0) is 14.8 Å². The second-order valence-electron chi connectivity index (χ2n) is 6.20. The van der Waals surface area contributed by atoms with Gasteiger partial charge in [0.2, 0.25) is 15.9 Å². The average Bonchev–Trinajstić information content (AvgIpc) is 2.61. The lowest BCUT2D eigenvalue weighted by Gasteiger charge is -2.34. The molecule has 0 spiro atoms. The van der Waals surface area contributed by atoms with Gasteiger partial charge >= 0.3 is 0 Å². The van der Waals surface area contributed by atoms with E-state index in [1.54, 1.807) is 0 Å². The van der Waals surface area contributed by atoms with Crippen LogP contribution >= 0.6 is 0 Å². The number of piperidine rings is 1. The van der Waals surface area contributed by atoms with Gasteiger partial charge < -0.3 is 5.32 Å². The number of carbonyl (C=O) groups excluding carboxylic acids is 1. The number of benzene rings is 1. The van der Waals surface area contributed by atoms with Crippen molar-refractivity contribution in [3.05, 3.63) is 34.4 Å². The molecule has 1 aliphatic heterocycles. The number of carbonyl (C=O) groups is 1. The molecule has 1 fully saturated rings. The zero-order chi connectivity index (χ0) is 18.6. The number of nitrogens with zero attached hydrogens (tertiary/aromatic N) is 2. The van der Waals surface area contributed by atoms with Gasteiger partial charge in [-0.25, -0.2) is 8.42 Å². The number of nitro groups is 1. The van der Waals surface area contributed by atoms with Crippen LogP contribution in [0, 0.1) is 10.1 Å². The fourth-order valence-corrected chi connectivity index (χ4v) is 4.43. The number of nitro benzene ring substituents is 1. The maximum absolute atomic E-state index is 12.9. The highest BCUT2D eigenvalue weighted by atomic mass is 32.2. The summed E-state index contributed by atoms with van der Waals surface area (Å²) in [7, 11) is -3.89. The molecule has 0 unspecified atom stereocenters. The summed E-state index contributed by atoms with van der Waals surface area (Å²) in [5.41, 5.74) is -0.177. The minimum Gasteiger partial charge on any atom is -0.352 e. The van der Waals surface area contributed by atoms with Crippen LogP contribution in [0.1, 0.15) is 39.5 Å². The number of non-ortho nitro benzene ring substituents is 1. The van der Waals surface area contributed by atoms with Crippen molar-refractivity contribution in [3.63, 3.8) is 0 Å². The van der Waals surface area contributed by atoms with E-state index >= 15 is 0 Å². The first-order chi connectivity index (χ1) is 11.8. The predicted molar refractivity (Wildman–Crippen MR) is 92.5 cm³/mol. The van der Waals surface area contributed by atoms with Crippen molar-refractivity contribution >= 4 is 21.6 Å². The Kier molecular flexibility index (Phi) is 6.12. The van der Waals surface area contributed by atoms with E-state index < -0.39 is 21.0 Å². The van der Waals surface area contributed by atoms with Gasteiger partial charge in [0.15, 0.2) is 0 Å². The fourth-order valence-electron chi connectivity index (χ4n) is 2.77. The Bertz CT molecular complexity index is 733. The van der Waals surface area contributed by atoms with E-state index in [0.717, 1.165) is 25.0 Å². The van der Waals surface area contributed by atoms with Crippen molar-refractivity contribution in [1.29, 1.82) is 0 Å². The summed E-state index contributed by atoms with van der Waals surface area (Å²) in [6.07, 6.45) is 2.69. The van der Waals surface area contributed by atoms with E-state index in [4.69, 9.17) is 0 Å². The van der Waals surface area contributed by atoms with Gasteiger partial charge in [-0.3, -0.25) is 14.9 Å². The van der Waals surface area contributed by atoms with Crippen LogP contribution < -0.4 is 5.32 Å². The summed E-state index contributed by atoms with van der Waals surface area (Å²) in [4.78, 5) is 22.6. The van der Waals surface area contributed by atoms with Gasteiger partial charge in [0, 0.05) is 24.7 Å². The van der Waals surface area contributed by atoms with Gasteiger partial charge in [0.1, 0.15) is 6.04 Å². The van der Waals surface area contributed by atoms with Crippen LogP contribution in [0.3, 0.4) is 0 Å². The van der Waals surface area contributed by atoms with Crippen molar-refractivity contribution in [2.75, 3.05) is 6.54 Å². The highest BCUT2D eigenvalue weighted by molar-refractivity contribution is 7.89. The zero-order valence-electron chi connectivity index (χ0n) is 14.3. The van der Waals surface area contributed by atoms with Crippen LogP contribution in [0.15, 0.2) is 29.2 Å². The molecule has 1 aromatic carbocycles. The maximum atomic E-state index is 12.9. The molecule has 1 N–H and O–H groups in total. The summed E-state index contributed by atoms with van der Waals surface area (Å²) in [5.74, 6) is -0.292. The van der Waals surface area contributed by atoms with Gasteiger partial charge in [-0.1, -0.05) is 13.3 Å². The van der Waals surface area contributed by atoms with Gasteiger partial charge in [-0.05, 0) is 38.3 Å². The van der Waals surface area contributed by atoms with Crippen molar-refractivity contribution in [2.24, 2.45) is 0 Å². The minimum absolute atomic E-state index is 0.0293. The molecular formula is C16H23N3O5S. The molecule has 0 aromatic heterocycles. The normalized spacial score (nSPS) is 20.0. The van der Waals surface area contributed by atoms with Crippen molar-refractivity contribution in [3.8, 4) is 0 Å². The molecule has 0 saturated carbocycles. The van der Waals surface area contributed by atoms with Gasteiger partial charge in [-0.2, -0.15) is 4.31 Å². The number of hydrogen-bond acceptors (Lipinski definition) is 5. The number of hydrogen-bond donors (Lipinski definition) is 1. The summed E-state index contributed by atoms with van der Waals surface area (Å²) >= 11 is 0. The number of sulfonamides is 1.